The minimum absolute atomic E-state index is 0.122. The quantitative estimate of drug-likeness (QED) is 0.847. The van der Waals surface area contributed by atoms with E-state index in [1.165, 1.54) is 44.1 Å². The lowest BCUT2D eigenvalue weighted by Crippen LogP contribution is -2.27. The molecule has 0 amide bonds. The van der Waals surface area contributed by atoms with Crippen LogP contribution in [0.4, 0.5) is 0 Å². The Morgan fingerprint density at radius 2 is 1.62 bits per heavy atom. The van der Waals surface area contributed by atoms with E-state index in [0.29, 0.717) is 11.3 Å². The van der Waals surface area contributed by atoms with Gasteiger partial charge in [-0.15, -0.1) is 0 Å². The Balaban J connectivity index is 1.47. The molecule has 2 aliphatic rings. The number of aromatic hydroxyl groups is 1. The number of hydrogen-bond donors (Lipinski definition) is 1. The average molecular weight is 279 g/mol. The van der Waals surface area contributed by atoms with E-state index in [9.17, 15) is 5.11 Å². The van der Waals surface area contributed by atoms with Gasteiger partial charge in [-0.2, -0.15) is 0 Å². The van der Waals surface area contributed by atoms with Crippen molar-refractivity contribution in [1.29, 1.82) is 0 Å². The molecule has 108 valence electrons. The summed E-state index contributed by atoms with van der Waals surface area (Å²) in [7, 11) is 0. The van der Waals surface area contributed by atoms with Gasteiger partial charge in [0.05, 0.1) is 0 Å². The fraction of sp³-hybridized carbons (Fsp3) is 0.421. The first kappa shape index (κ1) is 12.9. The molecule has 0 unspecified atom stereocenters. The molecule has 1 spiro atoms. The van der Waals surface area contributed by atoms with Gasteiger partial charge in [0, 0.05) is 12.3 Å². The van der Waals surface area contributed by atoms with Crippen molar-refractivity contribution >= 4 is 0 Å². The topological polar surface area (TPSA) is 33.1 Å². The van der Waals surface area contributed by atoms with Crippen LogP contribution in [0.5, 0.6) is 5.88 Å². The standard InChI is InChI=1S/C19H21NO/c21-18-6-5-17(13-20-18)14-7-9-19(10-8-14)11-15-3-1-2-4-16(15)12-19/h1-6,13-14H,7-12H2,(H,20,21). The van der Waals surface area contributed by atoms with Crippen LogP contribution in [0.1, 0.15) is 48.3 Å². The van der Waals surface area contributed by atoms with Gasteiger partial charge in [0.15, 0.2) is 0 Å². The lowest BCUT2D eigenvalue weighted by atomic mass is 9.67. The second kappa shape index (κ2) is 4.87. The van der Waals surface area contributed by atoms with Gasteiger partial charge >= 0.3 is 0 Å². The Morgan fingerprint density at radius 3 is 2.19 bits per heavy atom. The summed E-state index contributed by atoms with van der Waals surface area (Å²) in [6, 6.07) is 12.7. The van der Waals surface area contributed by atoms with Gasteiger partial charge in [0.1, 0.15) is 0 Å². The summed E-state index contributed by atoms with van der Waals surface area (Å²) in [5.74, 6) is 0.740. The number of aromatic nitrogens is 1. The van der Waals surface area contributed by atoms with Crippen LogP contribution in [0.15, 0.2) is 42.6 Å². The fourth-order valence-electron chi connectivity index (χ4n) is 4.33. The highest BCUT2D eigenvalue weighted by Crippen LogP contribution is 2.50. The summed E-state index contributed by atoms with van der Waals surface area (Å²) >= 11 is 0. The van der Waals surface area contributed by atoms with Crippen LogP contribution >= 0.6 is 0 Å². The molecule has 0 bridgehead atoms. The third-order valence-corrected chi connectivity index (χ3v) is 5.54. The Morgan fingerprint density at radius 1 is 0.952 bits per heavy atom. The van der Waals surface area contributed by atoms with Gasteiger partial charge < -0.3 is 5.11 Å². The second-order valence-electron chi connectivity index (χ2n) is 6.85. The molecule has 4 rings (SSSR count). The van der Waals surface area contributed by atoms with Crippen LogP contribution in [0, 0.1) is 5.41 Å². The summed E-state index contributed by atoms with van der Waals surface area (Å²) < 4.78 is 0. The molecule has 2 heteroatoms. The van der Waals surface area contributed by atoms with E-state index in [2.05, 4.69) is 29.2 Å². The molecule has 0 saturated heterocycles. The molecule has 1 fully saturated rings. The number of nitrogens with zero attached hydrogens (tertiary/aromatic N) is 1. The Bertz CT molecular complexity index is 612. The van der Waals surface area contributed by atoms with Gasteiger partial charge in [-0.1, -0.05) is 30.3 Å². The van der Waals surface area contributed by atoms with Crippen LogP contribution in [0.3, 0.4) is 0 Å². The van der Waals surface area contributed by atoms with E-state index in [-0.39, 0.29) is 5.88 Å². The molecular formula is C19H21NO. The number of rotatable bonds is 1. The van der Waals surface area contributed by atoms with E-state index < -0.39 is 0 Å². The van der Waals surface area contributed by atoms with E-state index in [1.54, 1.807) is 17.2 Å². The van der Waals surface area contributed by atoms with Crippen LogP contribution < -0.4 is 0 Å². The number of hydrogen-bond acceptors (Lipinski definition) is 2. The van der Waals surface area contributed by atoms with Crippen molar-refractivity contribution in [2.75, 3.05) is 0 Å². The molecule has 2 aliphatic carbocycles. The molecule has 21 heavy (non-hydrogen) atoms. The van der Waals surface area contributed by atoms with E-state index in [1.807, 2.05) is 12.3 Å². The molecule has 0 radical (unpaired) electrons. The third-order valence-electron chi connectivity index (χ3n) is 5.54. The fourth-order valence-corrected chi connectivity index (χ4v) is 4.33. The summed E-state index contributed by atoms with van der Waals surface area (Å²) in [4.78, 5) is 4.03. The first-order valence-electron chi connectivity index (χ1n) is 7.96. The predicted molar refractivity (Wildman–Crippen MR) is 83.4 cm³/mol. The zero-order valence-corrected chi connectivity index (χ0v) is 12.3. The minimum Gasteiger partial charge on any atom is -0.493 e. The van der Waals surface area contributed by atoms with Gasteiger partial charge in [-0.3, -0.25) is 0 Å². The van der Waals surface area contributed by atoms with Crippen molar-refractivity contribution in [1.82, 2.24) is 4.98 Å². The Hall–Kier alpha value is -1.83. The SMILES string of the molecule is Oc1ccc(C2CCC3(CC2)Cc2ccccc2C3)cn1. The van der Waals surface area contributed by atoms with Crippen molar-refractivity contribution in [3.05, 3.63) is 59.3 Å². The summed E-state index contributed by atoms with van der Waals surface area (Å²) in [6.07, 6.45) is 9.51. The Kier molecular flexibility index (Phi) is 2.99. The van der Waals surface area contributed by atoms with Crippen molar-refractivity contribution in [3.8, 4) is 5.88 Å². The first-order valence-corrected chi connectivity index (χ1v) is 7.96. The lowest BCUT2D eigenvalue weighted by molar-refractivity contribution is 0.186. The van der Waals surface area contributed by atoms with Crippen molar-refractivity contribution in [3.63, 3.8) is 0 Å². The zero-order chi connectivity index (χ0) is 14.3. The predicted octanol–water partition coefficient (Wildman–Crippen LogP) is 4.23. The largest absolute Gasteiger partial charge is 0.493 e. The lowest BCUT2D eigenvalue weighted by Gasteiger charge is -2.37. The number of benzene rings is 1. The molecule has 1 saturated carbocycles. The number of fused-ring (bicyclic) bond motifs is 1. The van der Waals surface area contributed by atoms with E-state index in [0.717, 1.165) is 0 Å². The monoisotopic (exact) mass is 279 g/mol. The molecule has 0 aliphatic heterocycles. The maximum atomic E-state index is 9.31. The highest BCUT2D eigenvalue weighted by atomic mass is 16.3. The minimum atomic E-state index is 0.122. The summed E-state index contributed by atoms with van der Waals surface area (Å²) in [5.41, 5.74) is 4.95. The molecule has 1 aromatic heterocycles. The summed E-state index contributed by atoms with van der Waals surface area (Å²) in [6.45, 7) is 0. The summed E-state index contributed by atoms with van der Waals surface area (Å²) in [5, 5.41) is 9.31. The van der Waals surface area contributed by atoms with Crippen LogP contribution in [-0.2, 0) is 12.8 Å². The van der Waals surface area contributed by atoms with Crippen LogP contribution in [0.25, 0.3) is 0 Å². The van der Waals surface area contributed by atoms with Gasteiger partial charge in [0.25, 0.3) is 0 Å². The zero-order valence-electron chi connectivity index (χ0n) is 12.3. The van der Waals surface area contributed by atoms with Crippen molar-refractivity contribution < 1.29 is 5.11 Å². The Labute approximate surface area is 125 Å². The van der Waals surface area contributed by atoms with Crippen LogP contribution in [0.2, 0.25) is 0 Å². The first-order chi connectivity index (χ1) is 10.2. The maximum absolute atomic E-state index is 9.31. The molecule has 2 nitrogen and oxygen atoms in total. The molecule has 2 aromatic rings. The number of pyridine rings is 1. The van der Waals surface area contributed by atoms with Gasteiger partial charge in [0.2, 0.25) is 5.88 Å². The highest BCUT2D eigenvalue weighted by Gasteiger charge is 2.40. The van der Waals surface area contributed by atoms with Gasteiger partial charge in [-0.05, 0) is 66.5 Å². The molecule has 1 heterocycles. The smallest absolute Gasteiger partial charge is 0.210 e. The van der Waals surface area contributed by atoms with Gasteiger partial charge in [-0.25, -0.2) is 4.98 Å². The highest BCUT2D eigenvalue weighted by molar-refractivity contribution is 5.35. The second-order valence-corrected chi connectivity index (χ2v) is 6.85. The third kappa shape index (κ3) is 2.33. The van der Waals surface area contributed by atoms with E-state index >= 15 is 0 Å². The molecular weight excluding hydrogens is 258 g/mol. The molecule has 1 aromatic carbocycles. The molecule has 1 N–H and O–H groups in total. The molecule has 0 atom stereocenters. The van der Waals surface area contributed by atoms with E-state index in [4.69, 9.17) is 0 Å². The maximum Gasteiger partial charge on any atom is 0.210 e. The normalized spacial score (nSPS) is 20.6. The van der Waals surface area contributed by atoms with Crippen LogP contribution in [-0.4, -0.2) is 10.1 Å². The average Bonchev–Trinajstić information content (AvgIpc) is 2.87. The van der Waals surface area contributed by atoms with Crippen molar-refractivity contribution in [2.45, 2.75) is 44.4 Å². The van der Waals surface area contributed by atoms with Crippen molar-refractivity contribution in [2.24, 2.45) is 5.41 Å².